The Hall–Kier alpha value is -2.44. The molecule has 0 atom stereocenters. The van der Waals surface area contributed by atoms with Crippen LogP contribution in [0.2, 0.25) is 0 Å². The predicted molar refractivity (Wildman–Crippen MR) is 82.6 cm³/mol. The van der Waals surface area contributed by atoms with Crippen LogP contribution in [-0.4, -0.2) is 57.3 Å². The van der Waals surface area contributed by atoms with E-state index in [-0.39, 0.29) is 23.9 Å². The molecular weight excluding hydrogens is 296 g/mol. The van der Waals surface area contributed by atoms with E-state index in [1.165, 1.54) is 11.1 Å². The summed E-state index contributed by atoms with van der Waals surface area (Å²) in [6.07, 6.45) is 4.03. The Kier molecular flexibility index (Phi) is 3.79. The first-order chi connectivity index (χ1) is 10.9. The number of rotatable bonds is 2. The highest BCUT2D eigenvalue weighted by Crippen LogP contribution is 2.31. The summed E-state index contributed by atoms with van der Waals surface area (Å²) in [7, 11) is 0. The minimum Gasteiger partial charge on any atom is -0.338 e. The second kappa shape index (κ2) is 5.64. The summed E-state index contributed by atoms with van der Waals surface area (Å²) in [4.78, 5) is 44.0. The Labute approximate surface area is 134 Å². The lowest BCUT2D eigenvalue weighted by Gasteiger charge is -2.37. The van der Waals surface area contributed by atoms with Gasteiger partial charge in [-0.25, -0.2) is 4.79 Å². The Morgan fingerprint density at radius 2 is 2.00 bits per heavy atom. The SMILES string of the molecule is CC(C)N1C(=O)NC2(CCN(C(=O)c3cccnc3)CC2)C1=O. The first-order valence-electron chi connectivity index (χ1n) is 7.80. The minimum absolute atomic E-state index is 0.0922. The molecular formula is C16H20N4O3. The molecule has 1 N–H and O–H groups in total. The third-order valence-corrected chi connectivity index (χ3v) is 4.52. The number of carbonyl (C=O) groups excluding carboxylic acids is 3. The standard InChI is InChI=1S/C16H20N4O3/c1-11(2)20-14(22)16(18-15(20)23)5-8-19(9-6-16)13(21)12-4-3-7-17-10-12/h3-4,7,10-11H,5-6,8-9H2,1-2H3,(H,18,23). The van der Waals surface area contributed by atoms with E-state index in [9.17, 15) is 14.4 Å². The summed E-state index contributed by atoms with van der Waals surface area (Å²) < 4.78 is 0. The van der Waals surface area contributed by atoms with Gasteiger partial charge in [0.25, 0.3) is 11.8 Å². The number of piperidine rings is 1. The van der Waals surface area contributed by atoms with Crippen molar-refractivity contribution in [3.8, 4) is 0 Å². The zero-order chi connectivity index (χ0) is 16.6. The van der Waals surface area contributed by atoms with E-state index in [4.69, 9.17) is 0 Å². The minimum atomic E-state index is -0.854. The van der Waals surface area contributed by atoms with Crippen LogP contribution in [0.3, 0.4) is 0 Å². The Morgan fingerprint density at radius 1 is 1.30 bits per heavy atom. The second-order valence-electron chi connectivity index (χ2n) is 6.32. The van der Waals surface area contributed by atoms with Crippen molar-refractivity contribution in [2.75, 3.05) is 13.1 Å². The third-order valence-electron chi connectivity index (χ3n) is 4.52. The molecule has 23 heavy (non-hydrogen) atoms. The third kappa shape index (κ3) is 2.56. The Bertz CT molecular complexity index is 636. The van der Waals surface area contributed by atoms with Crippen LogP contribution >= 0.6 is 0 Å². The lowest BCUT2D eigenvalue weighted by Crippen LogP contribution is -2.56. The van der Waals surface area contributed by atoms with Gasteiger partial charge in [-0.3, -0.25) is 19.5 Å². The van der Waals surface area contributed by atoms with Gasteiger partial charge in [-0.05, 0) is 38.8 Å². The molecule has 3 rings (SSSR count). The van der Waals surface area contributed by atoms with Crippen molar-refractivity contribution in [1.29, 1.82) is 0 Å². The van der Waals surface area contributed by atoms with Gasteiger partial charge in [0.05, 0.1) is 5.56 Å². The summed E-state index contributed by atoms with van der Waals surface area (Å²) in [5.74, 6) is -0.267. The van der Waals surface area contributed by atoms with Crippen molar-refractivity contribution in [2.45, 2.75) is 38.3 Å². The molecule has 0 bridgehead atoms. The van der Waals surface area contributed by atoms with Crippen molar-refractivity contribution in [1.82, 2.24) is 20.1 Å². The smallest absolute Gasteiger partial charge is 0.325 e. The molecule has 0 aromatic carbocycles. The topological polar surface area (TPSA) is 82.6 Å². The molecule has 1 spiro atoms. The molecule has 2 saturated heterocycles. The van der Waals surface area contributed by atoms with Crippen LogP contribution in [0.1, 0.15) is 37.0 Å². The Balaban J connectivity index is 1.70. The quantitative estimate of drug-likeness (QED) is 0.826. The van der Waals surface area contributed by atoms with Gasteiger partial charge in [-0.1, -0.05) is 0 Å². The Morgan fingerprint density at radius 3 is 2.52 bits per heavy atom. The van der Waals surface area contributed by atoms with Crippen molar-refractivity contribution in [2.24, 2.45) is 0 Å². The molecule has 122 valence electrons. The average Bonchev–Trinajstić information content (AvgIpc) is 2.78. The van der Waals surface area contributed by atoms with Gasteiger partial charge in [-0.2, -0.15) is 0 Å². The van der Waals surface area contributed by atoms with E-state index < -0.39 is 5.54 Å². The van der Waals surface area contributed by atoms with Crippen molar-refractivity contribution >= 4 is 17.8 Å². The van der Waals surface area contributed by atoms with Crippen LogP contribution in [0, 0.1) is 0 Å². The number of aromatic nitrogens is 1. The van der Waals surface area contributed by atoms with Crippen molar-refractivity contribution < 1.29 is 14.4 Å². The van der Waals surface area contributed by atoms with Gasteiger partial charge in [0.2, 0.25) is 0 Å². The fraction of sp³-hybridized carbons (Fsp3) is 0.500. The lowest BCUT2D eigenvalue weighted by molar-refractivity contribution is -0.133. The number of urea groups is 1. The van der Waals surface area contributed by atoms with Gasteiger partial charge in [0.15, 0.2) is 0 Å². The maximum atomic E-state index is 12.6. The first kappa shape index (κ1) is 15.5. The summed E-state index contributed by atoms with van der Waals surface area (Å²) >= 11 is 0. The van der Waals surface area contributed by atoms with Crippen LogP contribution in [0.5, 0.6) is 0 Å². The molecule has 2 aliphatic rings. The van der Waals surface area contributed by atoms with Crippen LogP contribution in [0.25, 0.3) is 0 Å². The molecule has 0 aliphatic carbocycles. The van der Waals surface area contributed by atoms with Gasteiger partial charge >= 0.3 is 6.03 Å². The van der Waals surface area contributed by atoms with Crippen LogP contribution < -0.4 is 5.32 Å². The molecule has 7 nitrogen and oxygen atoms in total. The first-order valence-corrected chi connectivity index (χ1v) is 7.80. The molecule has 2 fully saturated rings. The summed E-state index contributed by atoms with van der Waals surface area (Å²) in [6.45, 7) is 4.51. The highest BCUT2D eigenvalue weighted by atomic mass is 16.2. The van der Waals surface area contributed by atoms with Crippen LogP contribution in [0.15, 0.2) is 24.5 Å². The summed E-state index contributed by atoms with van der Waals surface area (Å²) in [6, 6.07) is 2.94. The van der Waals surface area contributed by atoms with E-state index >= 15 is 0 Å². The number of likely N-dealkylation sites (tertiary alicyclic amines) is 1. The summed E-state index contributed by atoms with van der Waals surface area (Å²) in [5, 5.41) is 2.84. The zero-order valence-electron chi connectivity index (χ0n) is 13.3. The maximum absolute atomic E-state index is 12.6. The van der Waals surface area contributed by atoms with E-state index in [2.05, 4.69) is 10.3 Å². The molecule has 4 amide bonds. The van der Waals surface area contributed by atoms with E-state index in [1.54, 1.807) is 23.2 Å². The largest absolute Gasteiger partial charge is 0.338 e. The maximum Gasteiger partial charge on any atom is 0.325 e. The summed E-state index contributed by atoms with van der Waals surface area (Å²) in [5.41, 5.74) is -0.318. The number of pyridine rings is 1. The highest BCUT2D eigenvalue weighted by molar-refractivity contribution is 6.07. The van der Waals surface area contributed by atoms with E-state index in [0.29, 0.717) is 31.5 Å². The monoisotopic (exact) mass is 316 g/mol. The number of carbonyl (C=O) groups is 3. The van der Waals surface area contributed by atoms with Crippen LogP contribution in [0.4, 0.5) is 4.79 Å². The van der Waals surface area contributed by atoms with Crippen molar-refractivity contribution in [3.63, 3.8) is 0 Å². The number of imide groups is 1. The average molecular weight is 316 g/mol. The number of nitrogens with one attached hydrogen (secondary N) is 1. The van der Waals surface area contributed by atoms with E-state index in [0.717, 1.165) is 0 Å². The number of hydrogen-bond donors (Lipinski definition) is 1. The zero-order valence-corrected chi connectivity index (χ0v) is 13.3. The second-order valence-corrected chi connectivity index (χ2v) is 6.32. The molecule has 3 heterocycles. The van der Waals surface area contributed by atoms with Crippen molar-refractivity contribution in [3.05, 3.63) is 30.1 Å². The van der Waals surface area contributed by atoms with Gasteiger partial charge < -0.3 is 10.2 Å². The van der Waals surface area contributed by atoms with E-state index in [1.807, 2.05) is 13.8 Å². The van der Waals surface area contributed by atoms with Crippen LogP contribution in [-0.2, 0) is 4.79 Å². The number of nitrogens with zero attached hydrogens (tertiary/aromatic N) is 3. The molecule has 0 unspecified atom stereocenters. The molecule has 0 saturated carbocycles. The highest BCUT2D eigenvalue weighted by Gasteiger charge is 2.53. The molecule has 2 aliphatic heterocycles. The fourth-order valence-corrected chi connectivity index (χ4v) is 3.21. The fourth-order valence-electron chi connectivity index (χ4n) is 3.21. The predicted octanol–water partition coefficient (Wildman–Crippen LogP) is 1.02. The van der Waals surface area contributed by atoms with Gasteiger partial charge in [-0.15, -0.1) is 0 Å². The molecule has 0 radical (unpaired) electrons. The van der Waals surface area contributed by atoms with Gasteiger partial charge in [0.1, 0.15) is 5.54 Å². The number of amides is 4. The lowest BCUT2D eigenvalue weighted by atomic mass is 9.87. The molecule has 7 heteroatoms. The normalized spacial score (nSPS) is 20.3. The number of hydrogen-bond acceptors (Lipinski definition) is 4. The molecule has 1 aromatic rings. The molecule has 1 aromatic heterocycles. The van der Waals surface area contributed by atoms with Gasteiger partial charge in [0, 0.05) is 31.5 Å².